The van der Waals surface area contributed by atoms with E-state index in [1.165, 1.54) is 35.2 Å². The number of hydrogen-bond donors (Lipinski definition) is 1. The number of sulfonamides is 1. The molecule has 0 bridgehead atoms. The Balaban J connectivity index is 1.72. The number of carbonyl (C=O) groups excluding carboxylic acids is 2. The van der Waals surface area contributed by atoms with Crippen molar-refractivity contribution in [2.24, 2.45) is 0 Å². The van der Waals surface area contributed by atoms with Crippen LogP contribution in [0.1, 0.15) is 43.7 Å². The van der Waals surface area contributed by atoms with Crippen molar-refractivity contribution >= 4 is 73.9 Å². The summed E-state index contributed by atoms with van der Waals surface area (Å²) in [7, 11) is -4.25. The number of carbonyl (C=O) groups is 2. The number of rotatable bonds is 10. The van der Waals surface area contributed by atoms with Crippen LogP contribution in [0.15, 0.2) is 65.6 Å². The molecule has 1 atom stereocenters. The molecule has 0 saturated heterocycles. The standard InChI is InChI=1S/C30H31Cl4N3O4S/c1-19-7-10-26(11-8-19)42(40,41)37(25-15-22(31)14-23(32)16-25)18-29(38)36(17-21-9-12-27(33)28(34)13-21)20(2)30(39)35-24-5-3-4-6-24/h7-16,20,24H,3-6,17-18H2,1-2H3,(H,35,39). The van der Waals surface area contributed by atoms with Crippen molar-refractivity contribution in [3.63, 3.8) is 0 Å². The molecule has 1 saturated carbocycles. The van der Waals surface area contributed by atoms with Crippen LogP contribution in [-0.2, 0) is 26.2 Å². The molecule has 2 amide bonds. The van der Waals surface area contributed by atoms with Crippen molar-refractivity contribution in [2.45, 2.75) is 63.1 Å². The van der Waals surface area contributed by atoms with Gasteiger partial charge in [-0.25, -0.2) is 8.42 Å². The van der Waals surface area contributed by atoms with E-state index < -0.39 is 28.5 Å². The highest BCUT2D eigenvalue weighted by molar-refractivity contribution is 7.92. The van der Waals surface area contributed by atoms with Gasteiger partial charge in [0.2, 0.25) is 11.8 Å². The molecule has 12 heteroatoms. The van der Waals surface area contributed by atoms with Gasteiger partial charge in [-0.15, -0.1) is 0 Å². The van der Waals surface area contributed by atoms with Gasteiger partial charge in [0.25, 0.3) is 10.0 Å². The van der Waals surface area contributed by atoms with Gasteiger partial charge in [-0.3, -0.25) is 13.9 Å². The monoisotopic (exact) mass is 669 g/mol. The number of nitrogens with one attached hydrogen (secondary N) is 1. The molecule has 0 aromatic heterocycles. The van der Waals surface area contributed by atoms with Gasteiger partial charge in [0.05, 0.1) is 20.6 Å². The van der Waals surface area contributed by atoms with Gasteiger partial charge >= 0.3 is 0 Å². The number of hydrogen-bond acceptors (Lipinski definition) is 4. The normalized spacial score (nSPS) is 14.4. The van der Waals surface area contributed by atoms with Crippen LogP contribution in [0.2, 0.25) is 20.1 Å². The first-order valence-electron chi connectivity index (χ1n) is 13.4. The summed E-state index contributed by atoms with van der Waals surface area (Å²) in [6.07, 6.45) is 3.80. The Morgan fingerprint density at radius 1 is 0.905 bits per heavy atom. The van der Waals surface area contributed by atoms with Crippen LogP contribution in [0.25, 0.3) is 0 Å². The number of nitrogens with zero attached hydrogens (tertiary/aromatic N) is 2. The van der Waals surface area contributed by atoms with Gasteiger partial charge in [-0.05, 0) is 74.7 Å². The lowest BCUT2D eigenvalue weighted by Crippen LogP contribution is -2.52. The summed E-state index contributed by atoms with van der Waals surface area (Å²) in [5.74, 6) is -0.934. The largest absolute Gasteiger partial charge is 0.352 e. The number of aryl methyl sites for hydroxylation is 1. The first-order chi connectivity index (χ1) is 19.8. The minimum absolute atomic E-state index is 0.0102. The molecular formula is C30H31Cl4N3O4S. The second-order valence-electron chi connectivity index (χ2n) is 10.4. The van der Waals surface area contributed by atoms with E-state index in [0.717, 1.165) is 35.6 Å². The molecule has 42 heavy (non-hydrogen) atoms. The zero-order valence-electron chi connectivity index (χ0n) is 23.1. The Hall–Kier alpha value is -2.49. The SMILES string of the molecule is Cc1ccc(S(=O)(=O)N(CC(=O)N(Cc2ccc(Cl)c(Cl)c2)C(C)C(=O)NC2CCCC2)c2cc(Cl)cc(Cl)c2)cc1. The lowest BCUT2D eigenvalue weighted by Gasteiger charge is -2.32. The predicted octanol–water partition coefficient (Wildman–Crippen LogP) is 7.28. The molecule has 1 aliphatic rings. The molecule has 3 aromatic rings. The zero-order chi connectivity index (χ0) is 30.6. The lowest BCUT2D eigenvalue weighted by molar-refractivity contribution is -0.139. The van der Waals surface area contributed by atoms with Gasteiger partial charge in [-0.1, -0.05) is 83.0 Å². The fourth-order valence-corrected chi connectivity index (χ4v) is 7.09. The maximum atomic E-state index is 14.1. The van der Waals surface area contributed by atoms with Crippen molar-refractivity contribution in [2.75, 3.05) is 10.8 Å². The Morgan fingerprint density at radius 3 is 2.12 bits per heavy atom. The third kappa shape index (κ3) is 7.91. The summed E-state index contributed by atoms with van der Waals surface area (Å²) in [5.41, 5.74) is 1.60. The number of halogens is 4. The van der Waals surface area contributed by atoms with Crippen molar-refractivity contribution in [1.82, 2.24) is 10.2 Å². The first kappa shape index (κ1) is 32.4. The fourth-order valence-electron chi connectivity index (χ4n) is 4.86. The molecule has 4 rings (SSSR count). The van der Waals surface area contributed by atoms with E-state index in [9.17, 15) is 18.0 Å². The van der Waals surface area contributed by atoms with Crippen molar-refractivity contribution < 1.29 is 18.0 Å². The van der Waals surface area contributed by atoms with Gasteiger partial charge in [-0.2, -0.15) is 0 Å². The summed E-state index contributed by atoms with van der Waals surface area (Å²) in [5, 5.41) is 4.07. The highest BCUT2D eigenvalue weighted by atomic mass is 35.5. The van der Waals surface area contributed by atoms with Crippen LogP contribution in [0.3, 0.4) is 0 Å². The molecule has 3 aromatic carbocycles. The van der Waals surface area contributed by atoms with Gasteiger partial charge in [0.1, 0.15) is 12.6 Å². The van der Waals surface area contributed by atoms with Crippen molar-refractivity contribution in [3.05, 3.63) is 91.9 Å². The van der Waals surface area contributed by atoms with Crippen molar-refractivity contribution in [3.8, 4) is 0 Å². The third-order valence-electron chi connectivity index (χ3n) is 7.23. The van der Waals surface area contributed by atoms with E-state index in [1.54, 1.807) is 37.3 Å². The van der Waals surface area contributed by atoms with E-state index >= 15 is 0 Å². The highest BCUT2D eigenvalue weighted by Gasteiger charge is 2.33. The lowest BCUT2D eigenvalue weighted by atomic mass is 10.1. The van der Waals surface area contributed by atoms with Crippen LogP contribution >= 0.6 is 46.4 Å². The molecule has 0 spiro atoms. The molecule has 0 aliphatic heterocycles. The van der Waals surface area contributed by atoms with E-state index in [0.29, 0.717) is 15.6 Å². The topological polar surface area (TPSA) is 86.8 Å². The van der Waals surface area contributed by atoms with E-state index in [2.05, 4.69) is 5.32 Å². The van der Waals surface area contributed by atoms with Crippen LogP contribution < -0.4 is 9.62 Å². The maximum Gasteiger partial charge on any atom is 0.264 e. The van der Waals surface area contributed by atoms with Gasteiger partial charge < -0.3 is 10.2 Å². The minimum Gasteiger partial charge on any atom is -0.352 e. The molecule has 1 N–H and O–H groups in total. The number of anilines is 1. The average molecular weight is 671 g/mol. The van der Waals surface area contributed by atoms with Crippen LogP contribution in [0.5, 0.6) is 0 Å². The number of amides is 2. The Kier molecular flexibility index (Phi) is 10.7. The first-order valence-corrected chi connectivity index (χ1v) is 16.4. The van der Waals surface area contributed by atoms with Crippen LogP contribution in [0, 0.1) is 6.92 Å². The Bertz CT molecular complexity index is 1540. The summed E-state index contributed by atoms with van der Waals surface area (Å²) in [4.78, 5) is 28.7. The molecule has 1 unspecified atom stereocenters. The molecule has 7 nitrogen and oxygen atoms in total. The quantitative estimate of drug-likeness (QED) is 0.246. The van der Waals surface area contributed by atoms with E-state index in [4.69, 9.17) is 46.4 Å². The predicted molar refractivity (Wildman–Crippen MR) is 169 cm³/mol. The molecule has 224 valence electrons. The van der Waals surface area contributed by atoms with E-state index in [1.807, 2.05) is 6.92 Å². The minimum atomic E-state index is -4.25. The second-order valence-corrected chi connectivity index (χ2v) is 13.9. The molecule has 1 fully saturated rings. The highest BCUT2D eigenvalue weighted by Crippen LogP contribution is 2.31. The average Bonchev–Trinajstić information content (AvgIpc) is 3.44. The summed E-state index contributed by atoms with van der Waals surface area (Å²) in [6, 6.07) is 14.6. The smallest absolute Gasteiger partial charge is 0.264 e. The fraction of sp³-hybridized carbons (Fsp3) is 0.333. The van der Waals surface area contributed by atoms with Crippen LogP contribution in [-0.4, -0.2) is 43.8 Å². The summed E-state index contributed by atoms with van der Waals surface area (Å²) < 4.78 is 28.9. The Morgan fingerprint density at radius 2 is 1.52 bits per heavy atom. The van der Waals surface area contributed by atoms with Gasteiger partial charge in [0, 0.05) is 22.6 Å². The van der Waals surface area contributed by atoms with Crippen LogP contribution in [0.4, 0.5) is 5.69 Å². The molecule has 0 radical (unpaired) electrons. The second kappa shape index (κ2) is 13.9. The van der Waals surface area contributed by atoms with Gasteiger partial charge in [0.15, 0.2) is 0 Å². The van der Waals surface area contributed by atoms with E-state index in [-0.39, 0.29) is 39.1 Å². The number of benzene rings is 3. The van der Waals surface area contributed by atoms with Crippen molar-refractivity contribution in [1.29, 1.82) is 0 Å². The third-order valence-corrected chi connectivity index (χ3v) is 10.2. The Labute approximate surface area is 266 Å². The molecular weight excluding hydrogens is 640 g/mol. The molecule has 1 aliphatic carbocycles. The summed E-state index contributed by atoms with van der Waals surface area (Å²) >= 11 is 24.8. The molecule has 0 heterocycles. The zero-order valence-corrected chi connectivity index (χ0v) is 27.0. The maximum absolute atomic E-state index is 14.1. The summed E-state index contributed by atoms with van der Waals surface area (Å²) in [6.45, 7) is 2.83.